The van der Waals surface area contributed by atoms with Crippen LogP contribution in [0.2, 0.25) is 0 Å². The minimum Gasteiger partial charge on any atom is -0.493 e. The molecule has 0 heterocycles. The Balaban J connectivity index is 2.08. The lowest BCUT2D eigenvalue weighted by Crippen LogP contribution is -2.50. The van der Waals surface area contributed by atoms with E-state index in [1.54, 1.807) is 18.2 Å². The standard InChI is InChI=1S/C28H32FN3O6S/c1-19-6-13-24(14-7-19)39(35,36)32(23-12-15-25(37-4)26(16-23)38-5)18-27(33)31(20(2)28(34)30-3)17-21-8-10-22(29)11-9-21/h6-16,20H,17-18H2,1-5H3,(H,30,34)/t20-/m0/s1. The number of ether oxygens (including phenoxy) is 2. The number of carbonyl (C=O) groups excluding carboxylic acids is 2. The number of nitrogens with zero attached hydrogens (tertiary/aromatic N) is 2. The largest absolute Gasteiger partial charge is 0.493 e. The number of hydrogen-bond acceptors (Lipinski definition) is 6. The Bertz CT molecular complexity index is 1410. The number of nitrogens with one attached hydrogen (secondary N) is 1. The Morgan fingerprint density at radius 1 is 0.949 bits per heavy atom. The number of benzene rings is 3. The Hall–Kier alpha value is -4.12. The summed E-state index contributed by atoms with van der Waals surface area (Å²) in [4.78, 5) is 27.6. The molecule has 0 radical (unpaired) electrons. The normalized spacial score (nSPS) is 11.8. The molecule has 0 saturated heterocycles. The number of amides is 2. The van der Waals surface area contributed by atoms with Gasteiger partial charge in [0.25, 0.3) is 10.0 Å². The van der Waals surface area contributed by atoms with Gasteiger partial charge in [0.2, 0.25) is 11.8 Å². The van der Waals surface area contributed by atoms with Crippen LogP contribution in [-0.2, 0) is 26.2 Å². The van der Waals surface area contributed by atoms with Crippen LogP contribution in [0.3, 0.4) is 0 Å². The number of likely N-dealkylation sites (N-methyl/N-ethyl adjacent to an activating group) is 1. The highest BCUT2D eigenvalue weighted by Gasteiger charge is 2.32. The highest BCUT2D eigenvalue weighted by atomic mass is 32.2. The van der Waals surface area contributed by atoms with Crippen molar-refractivity contribution in [1.29, 1.82) is 0 Å². The second-order valence-electron chi connectivity index (χ2n) is 8.80. The van der Waals surface area contributed by atoms with Gasteiger partial charge >= 0.3 is 0 Å². The third-order valence-electron chi connectivity index (χ3n) is 6.22. The summed E-state index contributed by atoms with van der Waals surface area (Å²) in [5.41, 5.74) is 1.60. The van der Waals surface area contributed by atoms with Crippen LogP contribution >= 0.6 is 0 Å². The maximum absolute atomic E-state index is 13.9. The lowest BCUT2D eigenvalue weighted by molar-refractivity contribution is -0.139. The van der Waals surface area contributed by atoms with Crippen LogP contribution in [0.15, 0.2) is 71.6 Å². The number of anilines is 1. The van der Waals surface area contributed by atoms with Gasteiger partial charge in [-0.2, -0.15) is 0 Å². The summed E-state index contributed by atoms with van der Waals surface area (Å²) in [6.45, 7) is 2.71. The zero-order valence-electron chi connectivity index (χ0n) is 22.5. The van der Waals surface area contributed by atoms with Crippen molar-refractivity contribution in [2.75, 3.05) is 32.1 Å². The maximum atomic E-state index is 13.9. The summed E-state index contributed by atoms with van der Waals surface area (Å²) < 4.78 is 52.8. The van der Waals surface area contributed by atoms with Crippen LogP contribution in [0.5, 0.6) is 11.5 Å². The van der Waals surface area contributed by atoms with Crippen LogP contribution in [0, 0.1) is 12.7 Å². The van der Waals surface area contributed by atoms with E-state index in [9.17, 15) is 22.4 Å². The number of hydrogen-bond donors (Lipinski definition) is 1. The van der Waals surface area contributed by atoms with Gasteiger partial charge in [-0.1, -0.05) is 29.8 Å². The van der Waals surface area contributed by atoms with Crippen molar-refractivity contribution in [3.63, 3.8) is 0 Å². The highest BCUT2D eigenvalue weighted by Crippen LogP contribution is 2.34. The van der Waals surface area contributed by atoms with Gasteiger partial charge in [0.1, 0.15) is 18.4 Å². The van der Waals surface area contributed by atoms with Gasteiger partial charge < -0.3 is 19.7 Å². The quantitative estimate of drug-likeness (QED) is 0.387. The van der Waals surface area contributed by atoms with Gasteiger partial charge in [-0.15, -0.1) is 0 Å². The van der Waals surface area contributed by atoms with Gasteiger partial charge in [-0.3, -0.25) is 13.9 Å². The molecule has 39 heavy (non-hydrogen) atoms. The van der Waals surface area contributed by atoms with Crippen LogP contribution < -0.4 is 19.1 Å². The minimum atomic E-state index is -4.23. The SMILES string of the molecule is CNC(=O)[C@H](C)N(Cc1ccc(F)cc1)C(=O)CN(c1ccc(OC)c(OC)c1)S(=O)(=O)c1ccc(C)cc1. The van der Waals surface area contributed by atoms with Gasteiger partial charge in [0, 0.05) is 19.7 Å². The van der Waals surface area contributed by atoms with E-state index in [0.29, 0.717) is 11.3 Å². The first-order valence-corrected chi connectivity index (χ1v) is 13.5. The highest BCUT2D eigenvalue weighted by molar-refractivity contribution is 7.92. The van der Waals surface area contributed by atoms with Crippen molar-refractivity contribution >= 4 is 27.5 Å². The summed E-state index contributed by atoms with van der Waals surface area (Å²) in [6, 6.07) is 15.3. The van der Waals surface area contributed by atoms with Gasteiger partial charge in [-0.25, -0.2) is 12.8 Å². The van der Waals surface area contributed by atoms with Crippen LogP contribution in [-0.4, -0.2) is 59.0 Å². The molecule has 1 atom stereocenters. The monoisotopic (exact) mass is 557 g/mol. The van der Waals surface area contributed by atoms with Crippen LogP contribution in [0.4, 0.5) is 10.1 Å². The van der Waals surface area contributed by atoms with E-state index in [-0.39, 0.29) is 22.9 Å². The van der Waals surface area contributed by atoms with Gasteiger partial charge in [0.15, 0.2) is 11.5 Å². The summed E-state index contributed by atoms with van der Waals surface area (Å²) in [5.74, 6) is -0.870. The van der Waals surface area contributed by atoms with E-state index < -0.39 is 40.2 Å². The molecule has 208 valence electrons. The number of methoxy groups -OCH3 is 2. The fourth-order valence-corrected chi connectivity index (χ4v) is 5.33. The molecule has 3 aromatic rings. The first kappa shape index (κ1) is 29.4. The number of aryl methyl sites for hydroxylation is 1. The van der Waals surface area contributed by atoms with Gasteiger partial charge in [0.05, 0.1) is 24.8 Å². The van der Waals surface area contributed by atoms with E-state index in [1.165, 1.54) is 81.6 Å². The zero-order valence-corrected chi connectivity index (χ0v) is 23.3. The lowest BCUT2D eigenvalue weighted by atomic mass is 10.1. The number of sulfonamides is 1. The second kappa shape index (κ2) is 12.6. The van der Waals surface area contributed by atoms with E-state index in [1.807, 2.05) is 6.92 Å². The van der Waals surface area contributed by atoms with Crippen molar-refractivity contribution in [2.24, 2.45) is 0 Å². The molecule has 2 amide bonds. The van der Waals surface area contributed by atoms with Crippen molar-refractivity contribution in [1.82, 2.24) is 10.2 Å². The summed E-state index contributed by atoms with van der Waals surface area (Å²) in [6.07, 6.45) is 0. The molecule has 3 rings (SSSR count). The molecule has 0 spiro atoms. The molecule has 0 fully saturated rings. The van der Waals surface area contributed by atoms with Crippen molar-refractivity contribution < 1.29 is 31.9 Å². The topological polar surface area (TPSA) is 105 Å². The van der Waals surface area contributed by atoms with Crippen LogP contribution in [0.25, 0.3) is 0 Å². The molecule has 11 heteroatoms. The first-order valence-electron chi connectivity index (χ1n) is 12.1. The smallest absolute Gasteiger partial charge is 0.264 e. The second-order valence-corrected chi connectivity index (χ2v) is 10.7. The molecule has 1 N–H and O–H groups in total. The lowest BCUT2D eigenvalue weighted by Gasteiger charge is -2.32. The number of rotatable bonds is 11. The first-order chi connectivity index (χ1) is 18.5. The maximum Gasteiger partial charge on any atom is 0.264 e. The molecule has 0 saturated carbocycles. The summed E-state index contributed by atoms with van der Waals surface area (Å²) in [7, 11) is 0.0784. The van der Waals surface area contributed by atoms with Crippen molar-refractivity contribution in [2.45, 2.75) is 31.3 Å². The van der Waals surface area contributed by atoms with E-state index >= 15 is 0 Å². The predicted octanol–water partition coefficient (Wildman–Crippen LogP) is 3.51. The summed E-state index contributed by atoms with van der Waals surface area (Å²) >= 11 is 0. The molecule has 0 unspecified atom stereocenters. The Morgan fingerprint density at radius 2 is 1.56 bits per heavy atom. The molecular weight excluding hydrogens is 525 g/mol. The van der Waals surface area contributed by atoms with E-state index in [2.05, 4.69) is 5.32 Å². The third kappa shape index (κ3) is 6.85. The Kier molecular flexibility index (Phi) is 9.52. The van der Waals surface area contributed by atoms with E-state index in [0.717, 1.165) is 9.87 Å². The third-order valence-corrected chi connectivity index (χ3v) is 8.01. The Labute approximate surface area is 228 Å². The van der Waals surface area contributed by atoms with Gasteiger partial charge in [-0.05, 0) is 55.8 Å². The molecule has 0 bridgehead atoms. The zero-order chi connectivity index (χ0) is 28.7. The number of halogens is 1. The minimum absolute atomic E-state index is 0.0138. The fourth-order valence-electron chi connectivity index (χ4n) is 3.92. The molecule has 0 aliphatic carbocycles. The van der Waals surface area contributed by atoms with Crippen LogP contribution in [0.1, 0.15) is 18.1 Å². The number of carbonyl (C=O) groups is 2. The van der Waals surface area contributed by atoms with Crippen molar-refractivity contribution in [3.05, 3.63) is 83.7 Å². The van der Waals surface area contributed by atoms with Crippen molar-refractivity contribution in [3.8, 4) is 11.5 Å². The molecule has 0 aliphatic heterocycles. The Morgan fingerprint density at radius 3 is 2.13 bits per heavy atom. The average Bonchev–Trinajstić information content (AvgIpc) is 2.94. The molecule has 9 nitrogen and oxygen atoms in total. The predicted molar refractivity (Wildman–Crippen MR) is 146 cm³/mol. The fraction of sp³-hybridized carbons (Fsp3) is 0.286. The summed E-state index contributed by atoms with van der Waals surface area (Å²) in [5, 5.41) is 2.51. The molecule has 0 aromatic heterocycles. The molecule has 3 aromatic carbocycles. The molecule has 0 aliphatic rings. The molecular formula is C28H32FN3O6S. The van der Waals surface area contributed by atoms with E-state index in [4.69, 9.17) is 9.47 Å². The average molecular weight is 558 g/mol.